The van der Waals surface area contributed by atoms with Gasteiger partial charge >= 0.3 is 0 Å². The zero-order valence-electron chi connectivity index (χ0n) is 8.31. The van der Waals surface area contributed by atoms with E-state index in [1.165, 1.54) is 28.4 Å². The van der Waals surface area contributed by atoms with Gasteiger partial charge in [-0.2, -0.15) is 23.5 Å². The van der Waals surface area contributed by atoms with Gasteiger partial charge in [0.15, 0.2) is 0 Å². The van der Waals surface area contributed by atoms with E-state index in [-0.39, 0.29) is 16.4 Å². The van der Waals surface area contributed by atoms with Crippen LogP contribution < -0.4 is 0 Å². The molecular weight excluding hydrogens is 206 g/mol. The predicted molar refractivity (Wildman–Crippen MR) is 59.4 cm³/mol. The van der Waals surface area contributed by atoms with Crippen LogP contribution in [0.3, 0.4) is 0 Å². The van der Waals surface area contributed by atoms with E-state index >= 15 is 0 Å². The molecule has 0 rings (SSSR count). The van der Waals surface area contributed by atoms with Crippen LogP contribution in [-0.2, 0) is 9.59 Å². The second-order valence-electron chi connectivity index (χ2n) is 2.73. The number of nitrogens with zero attached hydrogens (tertiary/aromatic N) is 1. The lowest BCUT2D eigenvalue weighted by atomic mass is 10.3. The molecule has 0 aliphatic rings. The molecule has 2 atom stereocenters. The Labute approximate surface area is 87.6 Å². The Bertz CT molecular complexity index is 185. The zero-order valence-corrected chi connectivity index (χ0v) is 9.95. The summed E-state index contributed by atoms with van der Waals surface area (Å²) in [6.07, 6.45) is 4.53. The van der Waals surface area contributed by atoms with Gasteiger partial charge < -0.3 is 9.69 Å². The standard InChI is InChI=1S/C8H15NO2S2/c1-9(2)8(11)7(13-4)6(5-10)12-3/h5-7H,1-4H3. The molecule has 0 aromatic carbocycles. The quantitative estimate of drug-likeness (QED) is 0.642. The van der Waals surface area contributed by atoms with Crippen molar-refractivity contribution < 1.29 is 9.59 Å². The lowest BCUT2D eigenvalue weighted by Crippen LogP contribution is -2.38. The number of aldehydes is 1. The van der Waals surface area contributed by atoms with E-state index < -0.39 is 0 Å². The minimum Gasteiger partial charge on any atom is -0.348 e. The van der Waals surface area contributed by atoms with Gasteiger partial charge in [-0.25, -0.2) is 0 Å². The lowest BCUT2D eigenvalue weighted by Gasteiger charge is -2.21. The molecule has 0 fully saturated rings. The molecule has 0 saturated carbocycles. The fraction of sp³-hybridized carbons (Fsp3) is 0.750. The van der Waals surface area contributed by atoms with Crippen LogP contribution in [0, 0.1) is 0 Å². The summed E-state index contributed by atoms with van der Waals surface area (Å²) >= 11 is 2.83. The number of amides is 1. The summed E-state index contributed by atoms with van der Waals surface area (Å²) in [7, 11) is 3.40. The molecule has 0 aromatic rings. The molecule has 1 amide bonds. The van der Waals surface area contributed by atoms with Gasteiger partial charge in [-0.3, -0.25) is 4.79 Å². The molecule has 0 saturated heterocycles. The Morgan fingerprint density at radius 2 is 1.85 bits per heavy atom. The molecule has 3 nitrogen and oxygen atoms in total. The first-order chi connectivity index (χ1) is 6.08. The van der Waals surface area contributed by atoms with Gasteiger partial charge in [-0.1, -0.05) is 0 Å². The van der Waals surface area contributed by atoms with Crippen molar-refractivity contribution in [2.45, 2.75) is 10.5 Å². The van der Waals surface area contributed by atoms with E-state index in [9.17, 15) is 9.59 Å². The van der Waals surface area contributed by atoms with Gasteiger partial charge in [0, 0.05) is 14.1 Å². The van der Waals surface area contributed by atoms with Crippen molar-refractivity contribution in [2.75, 3.05) is 26.6 Å². The van der Waals surface area contributed by atoms with E-state index in [1.54, 1.807) is 14.1 Å². The first kappa shape index (κ1) is 12.8. The largest absolute Gasteiger partial charge is 0.348 e. The van der Waals surface area contributed by atoms with E-state index in [2.05, 4.69) is 0 Å². The molecule has 5 heteroatoms. The van der Waals surface area contributed by atoms with Crippen molar-refractivity contribution in [3.05, 3.63) is 0 Å². The van der Waals surface area contributed by atoms with Crippen LogP contribution in [0.15, 0.2) is 0 Å². The average Bonchev–Trinajstić information content (AvgIpc) is 2.12. The number of thioether (sulfide) groups is 2. The first-order valence-electron chi connectivity index (χ1n) is 3.80. The SMILES string of the molecule is CSC(C=O)C(SC)C(=O)N(C)C. The molecule has 2 unspecified atom stereocenters. The molecular formula is C8H15NO2S2. The highest BCUT2D eigenvalue weighted by atomic mass is 32.2. The van der Waals surface area contributed by atoms with Crippen LogP contribution >= 0.6 is 23.5 Å². The highest BCUT2D eigenvalue weighted by molar-refractivity contribution is 8.04. The summed E-state index contributed by atoms with van der Waals surface area (Å²) < 4.78 is 0. The maximum Gasteiger partial charge on any atom is 0.236 e. The highest BCUT2D eigenvalue weighted by Gasteiger charge is 2.27. The minimum atomic E-state index is -0.262. The monoisotopic (exact) mass is 221 g/mol. The van der Waals surface area contributed by atoms with Gasteiger partial charge in [0.2, 0.25) is 5.91 Å². The van der Waals surface area contributed by atoms with Crippen LogP contribution in [0.1, 0.15) is 0 Å². The molecule has 0 aliphatic carbocycles. The molecule has 0 aliphatic heterocycles. The van der Waals surface area contributed by atoms with Crippen LogP contribution in [0.25, 0.3) is 0 Å². The fourth-order valence-corrected chi connectivity index (χ4v) is 2.77. The van der Waals surface area contributed by atoms with Gasteiger partial charge in [0.1, 0.15) is 11.5 Å². The zero-order chi connectivity index (χ0) is 10.4. The number of rotatable bonds is 5. The summed E-state index contributed by atoms with van der Waals surface area (Å²) in [5.74, 6) is -0.000972. The van der Waals surface area contributed by atoms with E-state index in [4.69, 9.17) is 0 Å². The van der Waals surface area contributed by atoms with Gasteiger partial charge in [-0.05, 0) is 12.5 Å². The molecule has 76 valence electrons. The maximum absolute atomic E-state index is 11.6. The summed E-state index contributed by atoms with van der Waals surface area (Å²) in [4.78, 5) is 23.7. The normalized spacial score (nSPS) is 14.8. The summed E-state index contributed by atoms with van der Waals surface area (Å²) in [6.45, 7) is 0. The summed E-state index contributed by atoms with van der Waals surface area (Å²) in [5, 5.41) is -0.507. The molecule has 0 heterocycles. The summed E-state index contributed by atoms with van der Waals surface area (Å²) in [5.41, 5.74) is 0. The Morgan fingerprint density at radius 1 is 1.31 bits per heavy atom. The predicted octanol–water partition coefficient (Wildman–Crippen LogP) is 0.737. The first-order valence-corrected chi connectivity index (χ1v) is 6.38. The minimum absolute atomic E-state index is 0.000972. The van der Waals surface area contributed by atoms with Crippen molar-refractivity contribution in [1.82, 2.24) is 4.90 Å². The van der Waals surface area contributed by atoms with Crippen molar-refractivity contribution in [3.63, 3.8) is 0 Å². The highest BCUT2D eigenvalue weighted by Crippen LogP contribution is 2.21. The molecule has 0 radical (unpaired) electrons. The molecule has 0 spiro atoms. The van der Waals surface area contributed by atoms with Gasteiger partial charge in [0.05, 0.1) is 5.25 Å². The van der Waals surface area contributed by atoms with Crippen molar-refractivity contribution in [1.29, 1.82) is 0 Å². The van der Waals surface area contributed by atoms with Crippen molar-refractivity contribution in [3.8, 4) is 0 Å². The number of carbonyl (C=O) groups is 2. The second-order valence-corrected chi connectivity index (χ2v) is 4.72. The summed E-state index contributed by atoms with van der Waals surface area (Å²) in [6, 6.07) is 0. The lowest BCUT2D eigenvalue weighted by molar-refractivity contribution is -0.128. The van der Waals surface area contributed by atoms with Crippen molar-refractivity contribution >= 4 is 35.7 Å². The maximum atomic E-state index is 11.6. The molecule has 0 N–H and O–H groups in total. The smallest absolute Gasteiger partial charge is 0.236 e. The third-order valence-corrected chi connectivity index (χ3v) is 3.75. The van der Waals surface area contributed by atoms with Crippen LogP contribution in [-0.4, -0.2) is 54.2 Å². The van der Waals surface area contributed by atoms with Crippen LogP contribution in [0.4, 0.5) is 0 Å². The third-order valence-electron chi connectivity index (χ3n) is 1.64. The van der Waals surface area contributed by atoms with Gasteiger partial charge in [-0.15, -0.1) is 0 Å². The number of carbonyl (C=O) groups excluding carboxylic acids is 2. The number of hydrogen-bond acceptors (Lipinski definition) is 4. The van der Waals surface area contributed by atoms with E-state index in [1.807, 2.05) is 12.5 Å². The Kier molecular flexibility index (Phi) is 6.24. The molecule has 13 heavy (non-hydrogen) atoms. The van der Waals surface area contributed by atoms with Gasteiger partial charge in [0.25, 0.3) is 0 Å². The Balaban J connectivity index is 4.47. The Hall–Kier alpha value is -0.160. The average molecular weight is 221 g/mol. The Morgan fingerprint density at radius 3 is 2.08 bits per heavy atom. The second kappa shape index (κ2) is 6.32. The molecule has 0 aromatic heterocycles. The third kappa shape index (κ3) is 3.60. The molecule has 0 bridgehead atoms. The van der Waals surface area contributed by atoms with Crippen LogP contribution in [0.5, 0.6) is 0 Å². The number of hydrogen-bond donors (Lipinski definition) is 0. The van der Waals surface area contributed by atoms with Crippen molar-refractivity contribution in [2.24, 2.45) is 0 Å². The van der Waals surface area contributed by atoms with E-state index in [0.29, 0.717) is 0 Å². The fourth-order valence-electron chi connectivity index (χ4n) is 0.880. The van der Waals surface area contributed by atoms with Crippen LogP contribution in [0.2, 0.25) is 0 Å². The topological polar surface area (TPSA) is 37.4 Å². The van der Waals surface area contributed by atoms with E-state index in [0.717, 1.165) is 6.29 Å².